The molecule has 1 atom stereocenters. The fourth-order valence-electron chi connectivity index (χ4n) is 3.65. The van der Waals surface area contributed by atoms with Crippen LogP contribution in [0.3, 0.4) is 0 Å². The quantitative estimate of drug-likeness (QED) is 0.616. The van der Waals surface area contributed by atoms with Crippen molar-refractivity contribution in [1.82, 2.24) is 5.01 Å². The number of carbonyl (C=O) groups is 1. The van der Waals surface area contributed by atoms with Crippen molar-refractivity contribution in [1.29, 1.82) is 0 Å². The molecule has 8 heteroatoms. The highest BCUT2D eigenvalue weighted by Crippen LogP contribution is 2.35. The summed E-state index contributed by atoms with van der Waals surface area (Å²) in [6, 6.07) is 17.1. The normalized spacial score (nSPS) is 16.3. The van der Waals surface area contributed by atoms with E-state index in [1.165, 1.54) is 5.01 Å². The maximum Gasteiger partial charge on any atom is 0.262 e. The van der Waals surface area contributed by atoms with Crippen molar-refractivity contribution in [3.63, 3.8) is 0 Å². The van der Waals surface area contributed by atoms with Crippen LogP contribution >= 0.6 is 0 Å². The van der Waals surface area contributed by atoms with Crippen molar-refractivity contribution in [3.05, 3.63) is 83.8 Å². The Morgan fingerprint density at radius 3 is 2.58 bits per heavy atom. The maximum absolute atomic E-state index is 13.0. The molecule has 160 valence electrons. The van der Waals surface area contributed by atoms with Crippen LogP contribution in [0.1, 0.15) is 42.7 Å². The Morgan fingerprint density at radius 1 is 1.13 bits per heavy atom. The molecule has 3 aromatic rings. The van der Waals surface area contributed by atoms with Crippen LogP contribution in [0.5, 0.6) is 0 Å². The minimum absolute atomic E-state index is 0.130. The van der Waals surface area contributed by atoms with E-state index < -0.39 is 10.0 Å². The zero-order chi connectivity index (χ0) is 22.0. The molecule has 0 saturated heterocycles. The van der Waals surface area contributed by atoms with Crippen LogP contribution in [0.2, 0.25) is 0 Å². The highest BCUT2D eigenvalue weighted by atomic mass is 32.2. The van der Waals surface area contributed by atoms with Gasteiger partial charge in [0.05, 0.1) is 22.6 Å². The van der Waals surface area contributed by atoms with Crippen molar-refractivity contribution in [2.24, 2.45) is 5.10 Å². The van der Waals surface area contributed by atoms with Crippen molar-refractivity contribution in [3.8, 4) is 0 Å². The summed E-state index contributed by atoms with van der Waals surface area (Å²) in [6.07, 6.45) is 2.28. The standard InChI is InChI=1S/C23H23N3O4S/c1-3-23(27)26-20(21-12-8-14-30-21)15-19(24-26)17-10-5-6-11-18(17)25-31(28,29)22-13-7-4-9-16(22)2/h4-14,20,25H,3,15H2,1-2H3/t20-/m0/s1. The predicted molar refractivity (Wildman–Crippen MR) is 118 cm³/mol. The summed E-state index contributed by atoms with van der Waals surface area (Å²) < 4.78 is 34.3. The Bertz CT molecular complexity index is 1230. The number of nitrogens with one attached hydrogen (secondary N) is 1. The molecule has 1 amide bonds. The molecule has 31 heavy (non-hydrogen) atoms. The van der Waals surface area contributed by atoms with E-state index in [9.17, 15) is 13.2 Å². The molecule has 0 fully saturated rings. The number of hydrogen-bond acceptors (Lipinski definition) is 5. The topological polar surface area (TPSA) is 92.0 Å². The number of sulfonamides is 1. The van der Waals surface area contributed by atoms with Gasteiger partial charge in [-0.3, -0.25) is 9.52 Å². The van der Waals surface area contributed by atoms with Crippen LogP contribution in [-0.2, 0) is 14.8 Å². The number of rotatable bonds is 6. The van der Waals surface area contributed by atoms with Gasteiger partial charge in [-0.2, -0.15) is 5.10 Å². The molecule has 1 aliphatic rings. The van der Waals surface area contributed by atoms with Crippen LogP contribution in [0.25, 0.3) is 0 Å². The Kier molecular flexibility index (Phi) is 5.65. The Balaban J connectivity index is 1.70. The van der Waals surface area contributed by atoms with Crippen molar-refractivity contribution >= 4 is 27.3 Å². The first-order valence-corrected chi connectivity index (χ1v) is 11.5. The van der Waals surface area contributed by atoms with Crippen LogP contribution in [0.15, 0.2) is 81.3 Å². The van der Waals surface area contributed by atoms with E-state index in [-0.39, 0.29) is 16.8 Å². The molecule has 0 spiro atoms. The molecule has 2 heterocycles. The van der Waals surface area contributed by atoms with Gasteiger partial charge in [0.1, 0.15) is 11.8 Å². The van der Waals surface area contributed by atoms with Crippen LogP contribution in [-0.4, -0.2) is 25.0 Å². The summed E-state index contributed by atoms with van der Waals surface area (Å²) in [5, 5.41) is 5.98. The lowest BCUT2D eigenvalue weighted by Gasteiger charge is -2.18. The molecule has 1 aromatic heterocycles. The summed E-state index contributed by atoms with van der Waals surface area (Å²) in [5.74, 6) is 0.507. The summed E-state index contributed by atoms with van der Waals surface area (Å²) in [6.45, 7) is 3.53. The third kappa shape index (κ3) is 4.11. The molecule has 0 unspecified atom stereocenters. The Hall–Kier alpha value is -3.39. The number of benzene rings is 2. The monoisotopic (exact) mass is 437 g/mol. The SMILES string of the molecule is CCC(=O)N1N=C(c2ccccc2NS(=O)(=O)c2ccccc2C)C[C@H]1c1ccco1. The largest absolute Gasteiger partial charge is 0.467 e. The molecule has 4 rings (SSSR count). The van der Waals surface area contributed by atoms with E-state index >= 15 is 0 Å². The molecule has 0 saturated carbocycles. The average Bonchev–Trinajstić information content (AvgIpc) is 3.43. The summed E-state index contributed by atoms with van der Waals surface area (Å²) in [4.78, 5) is 12.7. The van der Waals surface area contributed by atoms with E-state index in [1.54, 1.807) is 68.6 Å². The summed E-state index contributed by atoms with van der Waals surface area (Å²) in [7, 11) is -3.79. The van der Waals surface area contributed by atoms with Crippen LogP contribution in [0, 0.1) is 6.92 Å². The fourth-order valence-corrected chi connectivity index (χ4v) is 4.98. The minimum atomic E-state index is -3.79. The van der Waals surface area contributed by atoms with E-state index in [2.05, 4.69) is 9.82 Å². The van der Waals surface area contributed by atoms with Gasteiger partial charge in [0.25, 0.3) is 10.0 Å². The highest BCUT2D eigenvalue weighted by Gasteiger charge is 2.35. The number of furan rings is 1. The molecular weight excluding hydrogens is 414 g/mol. The lowest BCUT2D eigenvalue weighted by Crippen LogP contribution is -2.25. The first kappa shape index (κ1) is 20.9. The number of para-hydroxylation sites is 1. The van der Waals surface area contributed by atoms with Crippen LogP contribution in [0.4, 0.5) is 5.69 Å². The van der Waals surface area contributed by atoms with Gasteiger partial charge >= 0.3 is 0 Å². The molecule has 2 aromatic carbocycles. The fraction of sp³-hybridized carbons (Fsp3) is 0.217. The van der Waals surface area contributed by atoms with E-state index in [4.69, 9.17) is 4.42 Å². The Labute approximate surface area is 181 Å². The number of anilines is 1. The van der Waals surface area contributed by atoms with Crippen molar-refractivity contribution in [2.75, 3.05) is 4.72 Å². The Morgan fingerprint density at radius 2 is 1.87 bits per heavy atom. The van der Waals surface area contributed by atoms with E-state index in [1.807, 2.05) is 12.1 Å². The van der Waals surface area contributed by atoms with Gasteiger partial charge in [0, 0.05) is 18.4 Å². The molecule has 0 radical (unpaired) electrons. The molecule has 0 bridgehead atoms. The molecule has 1 N–H and O–H groups in total. The minimum Gasteiger partial charge on any atom is -0.467 e. The predicted octanol–water partition coefficient (Wildman–Crippen LogP) is 4.48. The molecule has 1 aliphatic heterocycles. The number of hydrogen-bond donors (Lipinski definition) is 1. The highest BCUT2D eigenvalue weighted by molar-refractivity contribution is 7.92. The average molecular weight is 438 g/mol. The summed E-state index contributed by atoms with van der Waals surface area (Å²) in [5.41, 5.74) is 2.31. The summed E-state index contributed by atoms with van der Waals surface area (Å²) >= 11 is 0. The molecule has 0 aliphatic carbocycles. The van der Waals surface area contributed by atoms with Gasteiger partial charge in [0.2, 0.25) is 5.91 Å². The number of carbonyl (C=O) groups excluding carboxylic acids is 1. The zero-order valence-corrected chi connectivity index (χ0v) is 18.1. The first-order valence-electron chi connectivity index (χ1n) is 10.0. The van der Waals surface area contributed by atoms with E-state index in [0.717, 1.165) is 0 Å². The number of nitrogens with zero attached hydrogens (tertiary/aromatic N) is 2. The first-order chi connectivity index (χ1) is 14.9. The second kappa shape index (κ2) is 8.39. The number of aryl methyl sites for hydroxylation is 1. The van der Waals surface area contributed by atoms with Gasteiger partial charge in [-0.05, 0) is 36.8 Å². The second-order valence-electron chi connectivity index (χ2n) is 7.29. The second-order valence-corrected chi connectivity index (χ2v) is 8.94. The number of amides is 1. The lowest BCUT2D eigenvalue weighted by atomic mass is 10.0. The van der Waals surface area contributed by atoms with Gasteiger partial charge in [-0.25, -0.2) is 13.4 Å². The third-order valence-corrected chi connectivity index (χ3v) is 6.73. The molecule has 7 nitrogen and oxygen atoms in total. The van der Waals surface area contributed by atoms with Gasteiger partial charge in [-0.15, -0.1) is 0 Å². The smallest absolute Gasteiger partial charge is 0.262 e. The van der Waals surface area contributed by atoms with Crippen molar-refractivity contribution in [2.45, 2.75) is 37.6 Å². The maximum atomic E-state index is 13.0. The zero-order valence-electron chi connectivity index (χ0n) is 17.3. The molecular formula is C23H23N3O4S. The number of hydrazone groups is 1. The lowest BCUT2D eigenvalue weighted by molar-refractivity contribution is -0.133. The van der Waals surface area contributed by atoms with Gasteiger partial charge < -0.3 is 4.42 Å². The third-order valence-electron chi connectivity index (χ3n) is 5.21. The van der Waals surface area contributed by atoms with Gasteiger partial charge in [-0.1, -0.05) is 43.3 Å². The van der Waals surface area contributed by atoms with Crippen molar-refractivity contribution < 1.29 is 17.6 Å². The van der Waals surface area contributed by atoms with Crippen LogP contribution < -0.4 is 4.72 Å². The van der Waals surface area contributed by atoms with Gasteiger partial charge in [0.15, 0.2) is 0 Å². The van der Waals surface area contributed by atoms with E-state index in [0.29, 0.717) is 41.1 Å².